The van der Waals surface area contributed by atoms with E-state index in [0.29, 0.717) is 29.8 Å². The largest absolute Gasteiger partial charge is 0.506 e. The molecular formula is C17H14N2O4S2. The molecule has 25 heavy (non-hydrogen) atoms. The van der Waals surface area contributed by atoms with Gasteiger partial charge in [-0.2, -0.15) is 16.6 Å². The number of carboxylic acid groups (broad SMARTS) is 1. The highest BCUT2D eigenvalue weighted by atomic mass is 32.1. The van der Waals surface area contributed by atoms with Gasteiger partial charge < -0.3 is 15.2 Å². The molecule has 0 bridgehead atoms. The van der Waals surface area contributed by atoms with Crippen LogP contribution in [0.5, 0.6) is 0 Å². The maximum atomic E-state index is 12.1. The summed E-state index contributed by atoms with van der Waals surface area (Å²) in [4.78, 5) is 23.7. The molecule has 0 aliphatic heterocycles. The number of rotatable bonds is 4. The maximum absolute atomic E-state index is 12.1. The quantitative estimate of drug-likeness (QED) is 0.625. The van der Waals surface area contributed by atoms with Crippen molar-refractivity contribution in [2.75, 3.05) is 5.32 Å². The number of nitrogens with one attached hydrogen (secondary N) is 1. The number of carbonyl (C=O) groups excluding carboxylic acids is 1. The summed E-state index contributed by atoms with van der Waals surface area (Å²) in [5.74, 6) is -0.306. The molecular weight excluding hydrogens is 360 g/mol. The molecule has 2 aromatic heterocycles. The van der Waals surface area contributed by atoms with E-state index >= 15 is 0 Å². The predicted molar refractivity (Wildman–Crippen MR) is 95.9 cm³/mol. The summed E-state index contributed by atoms with van der Waals surface area (Å²) in [6.45, 7) is 0. The van der Waals surface area contributed by atoms with Crippen molar-refractivity contribution in [3.05, 3.63) is 44.5 Å². The fourth-order valence-corrected chi connectivity index (χ4v) is 4.59. The van der Waals surface area contributed by atoms with Crippen LogP contribution in [0.25, 0.3) is 6.08 Å². The summed E-state index contributed by atoms with van der Waals surface area (Å²) in [5.41, 5.74) is 2.29. The predicted octanol–water partition coefficient (Wildman–Crippen LogP) is 3.89. The second kappa shape index (κ2) is 7.51. The van der Waals surface area contributed by atoms with Crippen molar-refractivity contribution in [1.29, 1.82) is 5.26 Å². The van der Waals surface area contributed by atoms with Crippen molar-refractivity contribution in [3.63, 3.8) is 0 Å². The summed E-state index contributed by atoms with van der Waals surface area (Å²) < 4.78 is 4.83. The topological polar surface area (TPSA) is 99.4 Å². The van der Waals surface area contributed by atoms with Crippen LogP contribution in [0, 0.1) is 11.3 Å². The Balaban J connectivity index is 1.74. The molecule has 1 unspecified atom stereocenters. The minimum absolute atomic E-state index is 0.306. The Morgan fingerprint density at radius 2 is 2.32 bits per heavy atom. The molecule has 1 atom stereocenters. The number of nitrogens with zero attached hydrogens (tertiary/aromatic N) is 1. The van der Waals surface area contributed by atoms with Crippen molar-refractivity contribution >= 4 is 45.8 Å². The Bertz CT molecular complexity index is 862. The van der Waals surface area contributed by atoms with Gasteiger partial charge in [0.05, 0.1) is 5.56 Å². The smallest absolute Gasteiger partial charge is 0.450 e. The van der Waals surface area contributed by atoms with Gasteiger partial charge in [-0.15, -0.1) is 11.3 Å². The molecule has 2 aromatic rings. The molecule has 3 rings (SSSR count). The first kappa shape index (κ1) is 17.2. The minimum Gasteiger partial charge on any atom is -0.450 e. The number of nitriles is 1. The molecule has 128 valence electrons. The number of ether oxygens (including phenoxy) is 1. The standard InChI is InChI=1S/C17H14N2O4S2/c18-8-13-12-3-2-11(23-17(21)22)7-14(12)25-16(13)19-15(20)4-1-10-5-6-24-9-10/h1,4-6,9,11H,2-3,7H2,(H,19,20)(H,21,22)/b4-1+. The van der Waals surface area contributed by atoms with Gasteiger partial charge in [0.25, 0.3) is 0 Å². The minimum atomic E-state index is -1.29. The molecule has 8 heteroatoms. The first-order valence-electron chi connectivity index (χ1n) is 7.52. The van der Waals surface area contributed by atoms with E-state index in [1.807, 2.05) is 16.8 Å². The zero-order valence-corrected chi connectivity index (χ0v) is 14.7. The van der Waals surface area contributed by atoms with Crippen LogP contribution in [0.4, 0.5) is 9.80 Å². The van der Waals surface area contributed by atoms with Crippen LogP contribution in [0.1, 0.15) is 28.0 Å². The summed E-state index contributed by atoms with van der Waals surface area (Å²) >= 11 is 2.86. The van der Waals surface area contributed by atoms with Crippen LogP contribution >= 0.6 is 22.7 Å². The normalized spacial score (nSPS) is 16.2. The summed E-state index contributed by atoms with van der Waals surface area (Å²) in [7, 11) is 0. The van der Waals surface area contributed by atoms with Crippen molar-refractivity contribution < 1.29 is 19.4 Å². The lowest BCUT2D eigenvalue weighted by atomic mass is 9.94. The highest BCUT2D eigenvalue weighted by Gasteiger charge is 2.28. The number of hydrogen-bond donors (Lipinski definition) is 2. The van der Waals surface area contributed by atoms with Gasteiger partial charge in [-0.25, -0.2) is 4.79 Å². The SMILES string of the molecule is N#Cc1c(NC(=O)/C=C/c2ccsc2)sc2c1CCC(OC(=O)O)C2. The van der Waals surface area contributed by atoms with Gasteiger partial charge in [-0.1, -0.05) is 0 Å². The molecule has 1 amide bonds. The van der Waals surface area contributed by atoms with Crippen LogP contribution in [-0.4, -0.2) is 23.3 Å². The number of carbonyl (C=O) groups is 2. The van der Waals surface area contributed by atoms with Gasteiger partial charge in [0.15, 0.2) is 0 Å². The summed E-state index contributed by atoms with van der Waals surface area (Å²) in [6, 6.07) is 4.05. The lowest BCUT2D eigenvalue weighted by Gasteiger charge is -2.20. The highest BCUT2D eigenvalue weighted by molar-refractivity contribution is 7.16. The number of anilines is 1. The number of thiophene rings is 2. The molecule has 2 heterocycles. The molecule has 0 spiro atoms. The first-order valence-corrected chi connectivity index (χ1v) is 9.28. The fourth-order valence-electron chi connectivity index (χ4n) is 2.70. The van der Waals surface area contributed by atoms with Crippen LogP contribution in [0.3, 0.4) is 0 Å². The molecule has 2 N–H and O–H groups in total. The monoisotopic (exact) mass is 374 g/mol. The van der Waals surface area contributed by atoms with Crippen molar-refractivity contribution in [3.8, 4) is 6.07 Å². The van der Waals surface area contributed by atoms with E-state index in [4.69, 9.17) is 9.84 Å². The zero-order chi connectivity index (χ0) is 17.8. The van der Waals surface area contributed by atoms with Gasteiger partial charge in [0, 0.05) is 17.4 Å². The number of amides is 1. The molecule has 0 saturated heterocycles. The number of hydrogen-bond acceptors (Lipinski definition) is 6. The summed E-state index contributed by atoms with van der Waals surface area (Å²) in [6.07, 6.45) is 2.97. The van der Waals surface area contributed by atoms with Crippen molar-refractivity contribution in [2.45, 2.75) is 25.4 Å². The van der Waals surface area contributed by atoms with Crippen LogP contribution in [-0.2, 0) is 22.4 Å². The van der Waals surface area contributed by atoms with Gasteiger partial charge >= 0.3 is 6.16 Å². The number of fused-ring (bicyclic) bond motifs is 1. The third-order valence-corrected chi connectivity index (χ3v) is 5.68. The molecule has 1 aliphatic carbocycles. The summed E-state index contributed by atoms with van der Waals surface area (Å²) in [5, 5.41) is 25.3. The Kier molecular flexibility index (Phi) is 5.16. The third-order valence-electron chi connectivity index (χ3n) is 3.81. The van der Waals surface area contributed by atoms with Gasteiger partial charge in [0.2, 0.25) is 5.91 Å². The molecule has 0 fully saturated rings. The molecule has 0 saturated carbocycles. The second-order valence-corrected chi connectivity index (χ2v) is 7.33. The Morgan fingerprint density at radius 3 is 3.00 bits per heavy atom. The fraction of sp³-hybridized carbons (Fsp3) is 0.235. The van der Waals surface area contributed by atoms with E-state index in [2.05, 4.69) is 11.4 Å². The van der Waals surface area contributed by atoms with E-state index in [0.717, 1.165) is 16.0 Å². The Labute approximate surface area is 152 Å². The average Bonchev–Trinajstić information content (AvgIpc) is 3.18. The highest BCUT2D eigenvalue weighted by Crippen LogP contribution is 2.38. The van der Waals surface area contributed by atoms with Crippen LogP contribution in [0.2, 0.25) is 0 Å². The van der Waals surface area contributed by atoms with Crippen molar-refractivity contribution in [2.24, 2.45) is 0 Å². The third kappa shape index (κ3) is 4.07. The first-order chi connectivity index (χ1) is 12.1. The maximum Gasteiger partial charge on any atom is 0.506 e. The molecule has 0 aromatic carbocycles. The van der Waals surface area contributed by atoms with Gasteiger partial charge in [-0.3, -0.25) is 4.79 Å². The van der Waals surface area contributed by atoms with Crippen LogP contribution < -0.4 is 5.32 Å². The van der Waals surface area contributed by atoms with Gasteiger partial charge in [-0.05, 0) is 46.9 Å². The van der Waals surface area contributed by atoms with E-state index in [1.54, 1.807) is 17.4 Å². The zero-order valence-electron chi connectivity index (χ0n) is 13.0. The molecule has 1 aliphatic rings. The Morgan fingerprint density at radius 1 is 1.48 bits per heavy atom. The lowest BCUT2D eigenvalue weighted by Crippen LogP contribution is -2.24. The lowest BCUT2D eigenvalue weighted by molar-refractivity contribution is -0.111. The van der Waals surface area contributed by atoms with E-state index in [9.17, 15) is 14.9 Å². The van der Waals surface area contributed by atoms with E-state index < -0.39 is 12.3 Å². The Hall–Kier alpha value is -2.63. The second-order valence-electron chi connectivity index (χ2n) is 5.45. The molecule has 6 nitrogen and oxygen atoms in total. The molecule has 0 radical (unpaired) electrons. The van der Waals surface area contributed by atoms with E-state index in [1.165, 1.54) is 17.4 Å². The van der Waals surface area contributed by atoms with Crippen molar-refractivity contribution in [1.82, 2.24) is 0 Å². The van der Waals surface area contributed by atoms with E-state index in [-0.39, 0.29) is 5.91 Å². The van der Waals surface area contributed by atoms with Crippen LogP contribution in [0.15, 0.2) is 22.9 Å². The average molecular weight is 374 g/mol. The van der Waals surface area contributed by atoms with Gasteiger partial charge in [0.1, 0.15) is 17.2 Å².